The molecule has 0 aliphatic rings. The second kappa shape index (κ2) is 5.53. The van der Waals surface area contributed by atoms with Crippen LogP contribution in [0.5, 0.6) is 0 Å². The predicted octanol–water partition coefficient (Wildman–Crippen LogP) is 6.41. The normalized spacial score (nSPS) is 12.8. The van der Waals surface area contributed by atoms with Crippen molar-refractivity contribution in [3.8, 4) is 0 Å². The number of hydrogen-bond acceptors (Lipinski definition) is 1. The van der Waals surface area contributed by atoms with Crippen molar-refractivity contribution in [1.82, 2.24) is 0 Å². The molecule has 0 N–H and O–H groups in total. The van der Waals surface area contributed by atoms with Crippen molar-refractivity contribution >= 4 is 70.7 Å². The average Bonchev–Trinajstić information content (AvgIpc) is 2.67. The Labute approximate surface area is 128 Å². The molecule has 1 heterocycles. The van der Waals surface area contributed by atoms with Gasteiger partial charge in [0.1, 0.15) is 0 Å². The number of alkyl halides is 1. The third-order valence-electron chi connectivity index (χ3n) is 2.07. The molecule has 0 saturated carbocycles. The number of thiophene rings is 1. The van der Waals surface area contributed by atoms with Gasteiger partial charge in [0, 0.05) is 14.4 Å². The zero-order chi connectivity index (χ0) is 11.7. The van der Waals surface area contributed by atoms with Gasteiger partial charge in [-0.05, 0) is 51.8 Å². The summed E-state index contributed by atoms with van der Waals surface area (Å²) in [6, 6.07) is 10.0. The lowest BCUT2D eigenvalue weighted by atomic mass is 10.1. The smallest absolute Gasteiger partial charge is 0.0753 e. The molecule has 0 nitrogen and oxygen atoms in total. The number of hydrogen-bond donors (Lipinski definition) is 0. The Morgan fingerprint density at radius 1 is 1.12 bits per heavy atom. The predicted molar refractivity (Wildman–Crippen MR) is 81.9 cm³/mol. The Bertz CT molecular complexity index is 510. The molecule has 84 valence electrons. The van der Waals surface area contributed by atoms with Gasteiger partial charge in [-0.3, -0.25) is 0 Å². The molecule has 1 aromatic carbocycles. The molecule has 0 aliphatic carbocycles. The largest absolute Gasteiger partial charge is 0.132 e. The quantitative estimate of drug-likeness (QED) is 0.469. The van der Waals surface area contributed by atoms with Gasteiger partial charge in [0.2, 0.25) is 0 Å². The van der Waals surface area contributed by atoms with Crippen molar-refractivity contribution in [2.24, 2.45) is 0 Å². The van der Waals surface area contributed by atoms with Gasteiger partial charge < -0.3 is 0 Å². The Hall–Kier alpha value is 0.650. The van der Waals surface area contributed by atoms with Gasteiger partial charge in [-0.25, -0.2) is 0 Å². The molecular formula is C11H6Br3ClS. The highest BCUT2D eigenvalue weighted by atomic mass is 79.9. The monoisotopic (exact) mass is 442 g/mol. The van der Waals surface area contributed by atoms with E-state index in [2.05, 4.69) is 53.9 Å². The summed E-state index contributed by atoms with van der Waals surface area (Å²) >= 11 is 18.5. The van der Waals surface area contributed by atoms with Crippen molar-refractivity contribution in [3.05, 3.63) is 54.1 Å². The van der Waals surface area contributed by atoms with Crippen molar-refractivity contribution in [2.45, 2.75) is 4.83 Å². The SMILES string of the molecule is Clc1ccc(Br)cc1C(Br)c1ccc(Br)s1. The number of halogens is 4. The van der Waals surface area contributed by atoms with Crippen LogP contribution in [-0.2, 0) is 0 Å². The first-order valence-corrected chi connectivity index (χ1v) is 8.12. The van der Waals surface area contributed by atoms with Gasteiger partial charge in [-0.15, -0.1) is 11.3 Å². The zero-order valence-electron chi connectivity index (χ0n) is 7.88. The lowest BCUT2D eigenvalue weighted by Gasteiger charge is -2.10. The van der Waals surface area contributed by atoms with E-state index >= 15 is 0 Å². The van der Waals surface area contributed by atoms with Crippen LogP contribution >= 0.6 is 70.7 Å². The fourth-order valence-electron chi connectivity index (χ4n) is 1.33. The Kier molecular flexibility index (Phi) is 4.52. The van der Waals surface area contributed by atoms with Gasteiger partial charge in [-0.2, -0.15) is 0 Å². The first-order valence-electron chi connectivity index (χ1n) is 4.42. The molecular weight excluding hydrogens is 439 g/mol. The molecule has 1 atom stereocenters. The maximum Gasteiger partial charge on any atom is 0.0753 e. The van der Waals surface area contributed by atoms with E-state index in [0.29, 0.717) is 0 Å². The van der Waals surface area contributed by atoms with Gasteiger partial charge in [0.15, 0.2) is 0 Å². The molecule has 5 heteroatoms. The molecule has 2 rings (SSSR count). The van der Waals surface area contributed by atoms with Crippen molar-refractivity contribution < 1.29 is 0 Å². The van der Waals surface area contributed by atoms with E-state index in [-0.39, 0.29) is 4.83 Å². The van der Waals surface area contributed by atoms with Crippen molar-refractivity contribution in [2.75, 3.05) is 0 Å². The van der Waals surface area contributed by atoms with Gasteiger partial charge in [-0.1, -0.05) is 43.5 Å². The summed E-state index contributed by atoms with van der Waals surface area (Å²) in [6.45, 7) is 0. The summed E-state index contributed by atoms with van der Waals surface area (Å²) in [5.41, 5.74) is 1.07. The van der Waals surface area contributed by atoms with Crippen molar-refractivity contribution in [1.29, 1.82) is 0 Å². The molecule has 0 aliphatic heterocycles. The van der Waals surface area contributed by atoms with E-state index < -0.39 is 0 Å². The minimum absolute atomic E-state index is 0.133. The lowest BCUT2D eigenvalue weighted by Crippen LogP contribution is -1.90. The van der Waals surface area contributed by atoms with Gasteiger partial charge in [0.25, 0.3) is 0 Å². The Morgan fingerprint density at radius 3 is 2.50 bits per heavy atom. The minimum Gasteiger partial charge on any atom is -0.132 e. The van der Waals surface area contributed by atoms with E-state index in [1.807, 2.05) is 24.3 Å². The first-order chi connectivity index (χ1) is 7.58. The second-order valence-electron chi connectivity index (χ2n) is 3.17. The summed E-state index contributed by atoms with van der Waals surface area (Å²) in [7, 11) is 0. The third-order valence-corrected chi connectivity index (χ3v) is 5.89. The highest BCUT2D eigenvalue weighted by Gasteiger charge is 2.15. The van der Waals surface area contributed by atoms with E-state index in [1.54, 1.807) is 11.3 Å². The molecule has 1 unspecified atom stereocenters. The highest BCUT2D eigenvalue weighted by molar-refractivity contribution is 9.11. The average molecular weight is 445 g/mol. The topological polar surface area (TPSA) is 0 Å². The van der Waals surface area contributed by atoms with Crippen LogP contribution in [0, 0.1) is 0 Å². The second-order valence-corrected chi connectivity index (χ2v) is 7.90. The standard InChI is InChI=1S/C11H6Br3ClS/c12-6-1-2-8(15)7(5-6)11(14)9-3-4-10(13)16-9/h1-5,11H. The molecule has 0 bridgehead atoms. The summed E-state index contributed by atoms with van der Waals surface area (Å²) in [5.74, 6) is 0. The molecule has 1 aromatic heterocycles. The molecule has 0 fully saturated rings. The van der Waals surface area contributed by atoms with Crippen LogP contribution in [0.15, 0.2) is 38.6 Å². The number of rotatable bonds is 2. The third kappa shape index (κ3) is 2.91. The Morgan fingerprint density at radius 2 is 1.88 bits per heavy atom. The van der Waals surface area contributed by atoms with Gasteiger partial charge in [0.05, 0.1) is 8.61 Å². The van der Waals surface area contributed by atoms with Crippen LogP contribution in [0.2, 0.25) is 5.02 Å². The maximum atomic E-state index is 6.19. The van der Waals surface area contributed by atoms with E-state index in [1.165, 1.54) is 4.88 Å². The zero-order valence-corrected chi connectivity index (χ0v) is 14.2. The molecule has 0 spiro atoms. The van der Waals surface area contributed by atoms with Crippen LogP contribution in [-0.4, -0.2) is 0 Å². The lowest BCUT2D eigenvalue weighted by molar-refractivity contribution is 1.22. The summed E-state index contributed by atoms with van der Waals surface area (Å²) in [4.78, 5) is 1.36. The number of benzene rings is 1. The molecule has 0 radical (unpaired) electrons. The molecule has 0 amide bonds. The van der Waals surface area contributed by atoms with Crippen molar-refractivity contribution in [3.63, 3.8) is 0 Å². The summed E-state index contributed by atoms with van der Waals surface area (Å²) in [6.07, 6.45) is 0. The van der Waals surface area contributed by atoms with E-state index in [0.717, 1.165) is 18.8 Å². The molecule has 2 aromatic rings. The fraction of sp³-hybridized carbons (Fsp3) is 0.0909. The maximum absolute atomic E-state index is 6.19. The Balaban J connectivity index is 2.40. The fourth-order valence-corrected chi connectivity index (χ4v) is 4.30. The van der Waals surface area contributed by atoms with Crippen LogP contribution < -0.4 is 0 Å². The first kappa shape index (κ1) is 13.1. The molecule has 16 heavy (non-hydrogen) atoms. The summed E-state index contributed by atoms with van der Waals surface area (Å²) in [5, 5.41) is 0.773. The highest BCUT2D eigenvalue weighted by Crippen LogP contribution is 2.40. The van der Waals surface area contributed by atoms with Gasteiger partial charge >= 0.3 is 0 Å². The van der Waals surface area contributed by atoms with E-state index in [4.69, 9.17) is 11.6 Å². The van der Waals surface area contributed by atoms with Crippen LogP contribution in [0.25, 0.3) is 0 Å². The molecule has 0 saturated heterocycles. The summed E-state index contributed by atoms with van der Waals surface area (Å²) < 4.78 is 2.16. The van der Waals surface area contributed by atoms with E-state index in [9.17, 15) is 0 Å². The van der Waals surface area contributed by atoms with Crippen LogP contribution in [0.3, 0.4) is 0 Å². The van der Waals surface area contributed by atoms with Crippen LogP contribution in [0.1, 0.15) is 15.3 Å². The minimum atomic E-state index is 0.133. The van der Waals surface area contributed by atoms with Crippen LogP contribution in [0.4, 0.5) is 0 Å².